The van der Waals surface area contributed by atoms with Crippen molar-refractivity contribution in [1.29, 1.82) is 0 Å². The third-order valence-electron chi connectivity index (χ3n) is 5.54. The number of aromatic nitrogens is 2. The molecule has 1 saturated heterocycles. The molecule has 2 heterocycles. The van der Waals surface area contributed by atoms with E-state index in [1.165, 1.54) is 16.7 Å². The van der Waals surface area contributed by atoms with Crippen LogP contribution in [-0.4, -0.2) is 53.0 Å². The van der Waals surface area contributed by atoms with E-state index in [0.717, 1.165) is 24.8 Å². The van der Waals surface area contributed by atoms with E-state index < -0.39 is 0 Å². The Bertz CT molecular complexity index is 830. The largest absolute Gasteiger partial charge is 0.482 e. The van der Waals surface area contributed by atoms with Gasteiger partial charge in [0.1, 0.15) is 6.10 Å². The molecule has 0 spiro atoms. The number of fused-ring (bicyclic) bond motifs is 1. The third kappa shape index (κ3) is 2.98. The molecule has 0 N–H and O–H groups in total. The van der Waals surface area contributed by atoms with E-state index in [2.05, 4.69) is 18.1 Å². The molecule has 1 aromatic carbocycles. The van der Waals surface area contributed by atoms with Crippen molar-refractivity contribution in [2.24, 2.45) is 7.05 Å². The van der Waals surface area contributed by atoms with Gasteiger partial charge >= 0.3 is 0 Å². The number of amides is 1. The number of aryl methyl sites for hydroxylation is 2. The van der Waals surface area contributed by atoms with Crippen LogP contribution >= 0.6 is 0 Å². The molecule has 1 amide bonds. The predicted molar refractivity (Wildman–Crippen MR) is 97.5 cm³/mol. The monoisotopic (exact) mass is 355 g/mol. The lowest BCUT2D eigenvalue weighted by molar-refractivity contribution is 0.0620. The second kappa shape index (κ2) is 6.76. The summed E-state index contributed by atoms with van der Waals surface area (Å²) in [6, 6.07) is 3.94. The van der Waals surface area contributed by atoms with E-state index in [0.29, 0.717) is 19.0 Å². The first-order valence-corrected chi connectivity index (χ1v) is 9.16. The second-order valence-electron chi connectivity index (χ2n) is 7.27. The van der Waals surface area contributed by atoms with E-state index in [1.807, 2.05) is 26.4 Å². The van der Waals surface area contributed by atoms with Gasteiger partial charge in [0.25, 0.3) is 5.91 Å². The minimum atomic E-state index is -0.188. The number of hydrogen-bond acceptors (Lipinski definition) is 4. The van der Waals surface area contributed by atoms with Crippen molar-refractivity contribution < 1.29 is 14.3 Å². The van der Waals surface area contributed by atoms with E-state index in [4.69, 9.17) is 9.47 Å². The highest BCUT2D eigenvalue weighted by molar-refractivity contribution is 5.96. The maximum atomic E-state index is 13.2. The Morgan fingerprint density at radius 2 is 2.12 bits per heavy atom. The van der Waals surface area contributed by atoms with Crippen LogP contribution in [0.3, 0.4) is 0 Å². The van der Waals surface area contributed by atoms with Crippen molar-refractivity contribution >= 4 is 5.91 Å². The molecule has 1 fully saturated rings. The van der Waals surface area contributed by atoms with Crippen LogP contribution in [0.5, 0.6) is 5.75 Å². The maximum Gasteiger partial charge on any atom is 0.254 e. The first-order chi connectivity index (χ1) is 12.5. The Hall–Kier alpha value is -2.34. The lowest BCUT2D eigenvalue weighted by Gasteiger charge is -2.29. The number of benzene rings is 1. The normalized spacial score (nSPS) is 21.7. The summed E-state index contributed by atoms with van der Waals surface area (Å²) in [4.78, 5) is 15.0. The number of rotatable bonds is 4. The lowest BCUT2D eigenvalue weighted by atomic mass is 9.97. The molecule has 6 heteroatoms. The SMILES string of the molecule is Cc1ccc(C(=O)N(C)[C@H]2COC[C@H]2Oc2cnn(C)c2)c2c1CCC2. The number of likely N-dealkylation sites (N-methyl/N-ethyl adjacent to an activating group) is 1. The van der Waals surface area contributed by atoms with Crippen LogP contribution in [0.2, 0.25) is 0 Å². The van der Waals surface area contributed by atoms with E-state index in [1.54, 1.807) is 15.8 Å². The van der Waals surface area contributed by atoms with Gasteiger partial charge in [-0.25, -0.2) is 0 Å². The van der Waals surface area contributed by atoms with Gasteiger partial charge in [0.15, 0.2) is 5.75 Å². The minimum Gasteiger partial charge on any atom is -0.482 e. The quantitative estimate of drug-likeness (QED) is 0.843. The first-order valence-electron chi connectivity index (χ1n) is 9.16. The van der Waals surface area contributed by atoms with Crippen LogP contribution in [0.25, 0.3) is 0 Å². The molecule has 2 atom stereocenters. The van der Waals surface area contributed by atoms with Crippen molar-refractivity contribution in [3.8, 4) is 5.75 Å². The Morgan fingerprint density at radius 3 is 2.88 bits per heavy atom. The molecule has 2 aliphatic rings. The van der Waals surface area contributed by atoms with Crippen LogP contribution in [0, 0.1) is 6.92 Å². The molecular weight excluding hydrogens is 330 g/mol. The summed E-state index contributed by atoms with van der Waals surface area (Å²) in [6.45, 7) is 3.09. The fraction of sp³-hybridized carbons (Fsp3) is 0.500. The van der Waals surface area contributed by atoms with E-state index >= 15 is 0 Å². The minimum absolute atomic E-state index is 0.0541. The number of carbonyl (C=O) groups is 1. The fourth-order valence-corrected chi connectivity index (χ4v) is 4.06. The highest BCUT2D eigenvalue weighted by atomic mass is 16.5. The number of carbonyl (C=O) groups excluding carboxylic acids is 1. The number of hydrogen-bond donors (Lipinski definition) is 0. The average Bonchev–Trinajstić information content (AvgIpc) is 3.36. The molecule has 0 bridgehead atoms. The van der Waals surface area contributed by atoms with Gasteiger partial charge in [-0.05, 0) is 48.9 Å². The van der Waals surface area contributed by atoms with Gasteiger partial charge in [-0.3, -0.25) is 9.48 Å². The topological polar surface area (TPSA) is 56.6 Å². The molecule has 0 saturated carbocycles. The highest BCUT2D eigenvalue weighted by Crippen LogP contribution is 2.30. The summed E-state index contributed by atoms with van der Waals surface area (Å²) in [5.41, 5.74) is 4.71. The van der Waals surface area contributed by atoms with Crippen LogP contribution in [0.1, 0.15) is 33.5 Å². The highest BCUT2D eigenvalue weighted by Gasteiger charge is 2.37. The van der Waals surface area contributed by atoms with Crippen molar-refractivity contribution in [2.75, 3.05) is 20.3 Å². The predicted octanol–water partition coefficient (Wildman–Crippen LogP) is 2.14. The van der Waals surface area contributed by atoms with Gasteiger partial charge in [0, 0.05) is 19.7 Å². The smallest absolute Gasteiger partial charge is 0.254 e. The Labute approximate surface area is 153 Å². The zero-order chi connectivity index (χ0) is 18.3. The Balaban J connectivity index is 1.54. The molecule has 1 aromatic heterocycles. The summed E-state index contributed by atoms with van der Waals surface area (Å²) in [5.74, 6) is 0.753. The molecule has 0 unspecified atom stereocenters. The van der Waals surface area contributed by atoms with Crippen molar-refractivity contribution in [3.63, 3.8) is 0 Å². The summed E-state index contributed by atoms with van der Waals surface area (Å²) >= 11 is 0. The second-order valence-corrected chi connectivity index (χ2v) is 7.27. The van der Waals surface area contributed by atoms with Crippen LogP contribution in [0.15, 0.2) is 24.5 Å². The van der Waals surface area contributed by atoms with Crippen LogP contribution in [-0.2, 0) is 24.6 Å². The maximum absolute atomic E-state index is 13.2. The molecule has 1 aliphatic heterocycles. The molecule has 1 aliphatic carbocycles. The lowest BCUT2D eigenvalue weighted by Crippen LogP contribution is -2.46. The molecule has 138 valence electrons. The Kier molecular flexibility index (Phi) is 4.44. The van der Waals surface area contributed by atoms with Gasteiger partial charge in [-0.15, -0.1) is 0 Å². The standard InChI is InChI=1S/C20H25N3O3/c1-13-7-8-17(16-6-4-5-15(13)16)20(24)23(3)18-11-25-12-19(18)26-14-9-21-22(2)10-14/h7-10,18-19H,4-6,11-12H2,1-3H3/t18-,19+/m0/s1. The molecule has 0 radical (unpaired) electrons. The van der Waals surface area contributed by atoms with Crippen molar-refractivity contribution in [3.05, 3.63) is 46.8 Å². The Morgan fingerprint density at radius 1 is 1.31 bits per heavy atom. The van der Waals surface area contributed by atoms with E-state index in [9.17, 15) is 4.79 Å². The molecular formula is C20H25N3O3. The zero-order valence-corrected chi connectivity index (χ0v) is 15.6. The number of nitrogens with zero attached hydrogens (tertiary/aromatic N) is 3. The van der Waals surface area contributed by atoms with Crippen molar-refractivity contribution in [1.82, 2.24) is 14.7 Å². The number of ether oxygens (including phenoxy) is 2. The van der Waals surface area contributed by atoms with Crippen molar-refractivity contribution in [2.45, 2.75) is 38.3 Å². The fourth-order valence-electron chi connectivity index (χ4n) is 4.06. The summed E-state index contributed by atoms with van der Waals surface area (Å²) in [5, 5.41) is 4.13. The van der Waals surface area contributed by atoms with Gasteiger partial charge in [-0.1, -0.05) is 6.07 Å². The van der Waals surface area contributed by atoms with Gasteiger partial charge in [0.2, 0.25) is 0 Å². The molecule has 26 heavy (non-hydrogen) atoms. The van der Waals surface area contributed by atoms with Crippen LogP contribution in [0.4, 0.5) is 0 Å². The first kappa shape index (κ1) is 17.1. The summed E-state index contributed by atoms with van der Waals surface area (Å²) in [6.07, 6.45) is 6.51. The van der Waals surface area contributed by atoms with Gasteiger partial charge in [0.05, 0.1) is 31.6 Å². The average molecular weight is 355 g/mol. The summed E-state index contributed by atoms with van der Waals surface area (Å²) < 4.78 is 13.3. The van der Waals surface area contributed by atoms with E-state index in [-0.39, 0.29) is 18.1 Å². The molecule has 6 nitrogen and oxygen atoms in total. The third-order valence-corrected chi connectivity index (χ3v) is 5.54. The van der Waals surface area contributed by atoms with Crippen LogP contribution < -0.4 is 4.74 Å². The summed E-state index contributed by atoms with van der Waals surface area (Å²) in [7, 11) is 3.70. The van der Waals surface area contributed by atoms with Gasteiger partial charge in [-0.2, -0.15) is 5.10 Å². The molecule has 4 rings (SSSR count). The zero-order valence-electron chi connectivity index (χ0n) is 15.6. The molecule has 2 aromatic rings. The van der Waals surface area contributed by atoms with Gasteiger partial charge < -0.3 is 14.4 Å².